The van der Waals surface area contributed by atoms with Crippen LogP contribution in [0.5, 0.6) is 0 Å². The number of carbonyl (C=O) groups is 1. The number of carbonyl (C=O) groups excluding carboxylic acids is 1. The molecule has 5 atom stereocenters. The zero-order valence-corrected chi connectivity index (χ0v) is 14.5. The van der Waals surface area contributed by atoms with Crippen molar-refractivity contribution in [3.8, 4) is 0 Å². The van der Waals surface area contributed by atoms with Gasteiger partial charge in [0.25, 0.3) is 0 Å². The molecule has 0 aromatic rings. The third-order valence-electron chi connectivity index (χ3n) is 7.02. The van der Waals surface area contributed by atoms with Gasteiger partial charge in [-0.05, 0) is 68.8 Å². The van der Waals surface area contributed by atoms with Crippen molar-refractivity contribution in [2.75, 3.05) is 0 Å². The Labute approximate surface area is 134 Å². The molecular formula is C20H30O2. The van der Waals surface area contributed by atoms with E-state index in [1.807, 2.05) is 0 Å². The highest BCUT2D eigenvalue weighted by atomic mass is 16.3. The second-order valence-electron chi connectivity index (χ2n) is 8.73. The third kappa shape index (κ3) is 2.14. The average Bonchev–Trinajstić information content (AvgIpc) is 2.61. The highest BCUT2D eigenvalue weighted by Crippen LogP contribution is 2.61. The van der Waals surface area contributed by atoms with Crippen LogP contribution in [0.3, 0.4) is 0 Å². The molecule has 0 aromatic carbocycles. The van der Waals surface area contributed by atoms with E-state index in [1.165, 1.54) is 11.1 Å². The van der Waals surface area contributed by atoms with Crippen molar-refractivity contribution in [2.45, 2.75) is 72.3 Å². The number of aliphatic hydroxyl groups excluding tert-OH is 1. The molecule has 3 fully saturated rings. The maximum Gasteiger partial charge on any atom is 0.159 e. The van der Waals surface area contributed by atoms with Crippen molar-refractivity contribution >= 4 is 5.78 Å². The second kappa shape index (κ2) is 5.06. The summed E-state index contributed by atoms with van der Waals surface area (Å²) in [6.45, 7) is 13.0. The van der Waals surface area contributed by atoms with Gasteiger partial charge in [0.1, 0.15) is 0 Å². The molecule has 22 heavy (non-hydrogen) atoms. The van der Waals surface area contributed by atoms with Gasteiger partial charge < -0.3 is 5.11 Å². The summed E-state index contributed by atoms with van der Waals surface area (Å²) in [6, 6.07) is 0. The number of ketones is 1. The molecule has 0 amide bonds. The van der Waals surface area contributed by atoms with E-state index in [4.69, 9.17) is 0 Å². The first-order chi connectivity index (χ1) is 10.2. The van der Waals surface area contributed by atoms with E-state index in [2.05, 4.69) is 34.3 Å². The minimum atomic E-state index is -0.226. The Kier molecular flexibility index (Phi) is 3.67. The summed E-state index contributed by atoms with van der Waals surface area (Å²) in [5, 5.41) is 10.7. The van der Waals surface area contributed by atoms with Gasteiger partial charge in [0.15, 0.2) is 5.78 Å². The standard InChI is InChI=1S/C20H30O2/c1-12(2)18-14-8-9-20(5)15(13(3)6-7-17(20)22)10-19(14,4)11-16(18)21/h14-15,17,22H,3,6-11H2,1-2,4-5H3/t14-,15+,17-,19-,20-/m0/s1. The maximum absolute atomic E-state index is 12.6. The quantitative estimate of drug-likeness (QED) is 0.531. The molecule has 3 aliphatic rings. The number of hydrogen-bond donors (Lipinski definition) is 1. The lowest BCUT2D eigenvalue weighted by Crippen LogP contribution is -2.44. The Hall–Kier alpha value is -0.890. The Balaban J connectivity index is 2.03. The molecular weight excluding hydrogens is 272 g/mol. The van der Waals surface area contributed by atoms with E-state index >= 15 is 0 Å². The van der Waals surface area contributed by atoms with Crippen molar-refractivity contribution in [3.05, 3.63) is 23.3 Å². The fourth-order valence-electron chi connectivity index (χ4n) is 5.63. The topological polar surface area (TPSA) is 37.3 Å². The van der Waals surface area contributed by atoms with Crippen molar-refractivity contribution in [2.24, 2.45) is 22.7 Å². The van der Waals surface area contributed by atoms with Gasteiger partial charge in [0, 0.05) is 11.8 Å². The fourth-order valence-corrected chi connectivity index (χ4v) is 5.63. The number of allylic oxidation sites excluding steroid dienone is 3. The smallest absolute Gasteiger partial charge is 0.159 e. The first-order valence-electron chi connectivity index (χ1n) is 8.75. The molecule has 122 valence electrons. The number of rotatable bonds is 0. The predicted molar refractivity (Wildman–Crippen MR) is 89.4 cm³/mol. The normalized spacial score (nSPS) is 45.3. The van der Waals surface area contributed by atoms with Crippen LogP contribution in [0.15, 0.2) is 23.3 Å². The predicted octanol–water partition coefficient (Wildman–Crippen LogP) is 4.44. The molecule has 0 bridgehead atoms. The van der Waals surface area contributed by atoms with Crippen LogP contribution in [0.4, 0.5) is 0 Å². The lowest BCUT2D eigenvalue weighted by Gasteiger charge is -2.47. The van der Waals surface area contributed by atoms with E-state index in [-0.39, 0.29) is 16.9 Å². The summed E-state index contributed by atoms with van der Waals surface area (Å²) in [5.74, 6) is 1.08. The van der Waals surface area contributed by atoms with Gasteiger partial charge in [-0.2, -0.15) is 0 Å². The highest BCUT2D eigenvalue weighted by Gasteiger charge is 2.56. The van der Waals surface area contributed by atoms with Crippen molar-refractivity contribution in [1.82, 2.24) is 0 Å². The Morgan fingerprint density at radius 1 is 1.23 bits per heavy atom. The minimum absolute atomic E-state index is 0.0477. The summed E-state index contributed by atoms with van der Waals surface area (Å²) < 4.78 is 0. The summed E-state index contributed by atoms with van der Waals surface area (Å²) in [4.78, 5) is 12.6. The third-order valence-corrected chi connectivity index (χ3v) is 7.02. The molecule has 0 aliphatic heterocycles. The Morgan fingerprint density at radius 2 is 1.91 bits per heavy atom. The van der Waals surface area contributed by atoms with Crippen LogP contribution in [0.1, 0.15) is 66.2 Å². The molecule has 2 nitrogen and oxygen atoms in total. The largest absolute Gasteiger partial charge is 0.393 e. The zero-order valence-electron chi connectivity index (χ0n) is 14.5. The van der Waals surface area contributed by atoms with Gasteiger partial charge >= 0.3 is 0 Å². The van der Waals surface area contributed by atoms with Crippen molar-refractivity contribution < 1.29 is 9.90 Å². The number of aliphatic hydroxyl groups is 1. The van der Waals surface area contributed by atoms with E-state index in [0.29, 0.717) is 24.0 Å². The molecule has 0 radical (unpaired) electrons. The zero-order chi connectivity index (χ0) is 16.3. The Bertz CT molecular complexity index is 554. The van der Waals surface area contributed by atoms with Crippen molar-refractivity contribution in [1.29, 1.82) is 0 Å². The van der Waals surface area contributed by atoms with Crippen LogP contribution >= 0.6 is 0 Å². The van der Waals surface area contributed by atoms with Crippen LogP contribution in [-0.4, -0.2) is 17.0 Å². The summed E-state index contributed by atoms with van der Waals surface area (Å²) in [7, 11) is 0. The summed E-state index contributed by atoms with van der Waals surface area (Å²) >= 11 is 0. The van der Waals surface area contributed by atoms with Crippen LogP contribution in [-0.2, 0) is 4.79 Å². The van der Waals surface area contributed by atoms with Gasteiger partial charge in [-0.15, -0.1) is 0 Å². The molecule has 0 unspecified atom stereocenters. The van der Waals surface area contributed by atoms with E-state index in [0.717, 1.165) is 37.7 Å². The Morgan fingerprint density at radius 3 is 2.55 bits per heavy atom. The minimum Gasteiger partial charge on any atom is -0.393 e. The first-order valence-corrected chi connectivity index (χ1v) is 8.75. The van der Waals surface area contributed by atoms with Gasteiger partial charge in [-0.25, -0.2) is 0 Å². The fraction of sp³-hybridized carbons (Fsp3) is 0.750. The van der Waals surface area contributed by atoms with E-state index in [1.54, 1.807) is 0 Å². The van der Waals surface area contributed by atoms with Gasteiger partial charge in [-0.1, -0.05) is 31.6 Å². The van der Waals surface area contributed by atoms with Gasteiger partial charge in [0.2, 0.25) is 0 Å². The van der Waals surface area contributed by atoms with Crippen LogP contribution in [0.2, 0.25) is 0 Å². The van der Waals surface area contributed by atoms with Crippen molar-refractivity contribution in [3.63, 3.8) is 0 Å². The second-order valence-corrected chi connectivity index (χ2v) is 8.73. The number of Topliss-reactive ketones (excluding diaryl/α,β-unsaturated/α-hetero) is 1. The molecule has 0 saturated heterocycles. The monoisotopic (exact) mass is 302 g/mol. The average molecular weight is 302 g/mol. The van der Waals surface area contributed by atoms with E-state index in [9.17, 15) is 9.90 Å². The van der Waals surface area contributed by atoms with Gasteiger partial charge in [0.05, 0.1) is 6.10 Å². The summed E-state index contributed by atoms with van der Waals surface area (Å²) in [6.07, 6.45) is 5.27. The lowest BCUT2D eigenvalue weighted by molar-refractivity contribution is -0.115. The highest BCUT2D eigenvalue weighted by molar-refractivity contribution is 5.99. The molecule has 3 rings (SSSR count). The SMILES string of the molecule is C=C1CC[C@H](O)[C@@]2(C)CC[C@H]3C(=C(C)C)C(=O)C[C@]3(C)C[C@H]12. The van der Waals surface area contributed by atoms with E-state index < -0.39 is 0 Å². The first kappa shape index (κ1) is 16.0. The van der Waals surface area contributed by atoms with Gasteiger partial charge in [-0.3, -0.25) is 4.79 Å². The number of fused-ring (bicyclic) bond motifs is 2. The lowest BCUT2D eigenvalue weighted by atomic mass is 9.59. The molecule has 0 aromatic heterocycles. The molecule has 3 saturated carbocycles. The molecule has 2 heteroatoms. The number of hydrogen-bond acceptors (Lipinski definition) is 2. The molecule has 3 aliphatic carbocycles. The molecule has 1 N–H and O–H groups in total. The molecule has 0 spiro atoms. The van der Waals surface area contributed by atoms with Crippen LogP contribution in [0.25, 0.3) is 0 Å². The van der Waals surface area contributed by atoms with Crippen LogP contribution < -0.4 is 0 Å². The maximum atomic E-state index is 12.6. The summed E-state index contributed by atoms with van der Waals surface area (Å²) in [5.41, 5.74) is 3.57. The van der Waals surface area contributed by atoms with Crippen LogP contribution in [0, 0.1) is 22.7 Å². The molecule has 0 heterocycles.